The lowest BCUT2D eigenvalue weighted by molar-refractivity contribution is 0.0711. The molecule has 1 aliphatic carbocycles. The largest absolute Gasteiger partial charge is 0.334 e. The number of benzene rings is 1. The number of aromatic nitrogens is 1. The molecule has 0 bridgehead atoms. The summed E-state index contributed by atoms with van der Waals surface area (Å²) in [7, 11) is 1.45. The van der Waals surface area contributed by atoms with Gasteiger partial charge in [-0.1, -0.05) is 6.92 Å². The van der Waals surface area contributed by atoms with E-state index in [0.717, 1.165) is 34.8 Å². The number of thiazole rings is 1. The van der Waals surface area contributed by atoms with Crippen LogP contribution in [0, 0.1) is 23.3 Å². The topological polar surface area (TPSA) is 33.2 Å². The lowest BCUT2D eigenvalue weighted by atomic mass is 9.96. The van der Waals surface area contributed by atoms with Gasteiger partial charge in [0.1, 0.15) is 0 Å². The van der Waals surface area contributed by atoms with Crippen LogP contribution in [0.1, 0.15) is 51.7 Å². The number of rotatable bonds is 3. The first-order chi connectivity index (χ1) is 11.8. The molecule has 0 saturated carbocycles. The molecule has 1 aromatic heterocycles. The van der Waals surface area contributed by atoms with Crippen molar-refractivity contribution in [1.82, 2.24) is 9.88 Å². The van der Waals surface area contributed by atoms with E-state index >= 15 is 0 Å². The summed E-state index contributed by atoms with van der Waals surface area (Å²) in [6.07, 6.45) is 3.02. The first-order valence-corrected chi connectivity index (χ1v) is 8.75. The molecule has 134 valence electrons. The molecule has 1 atom stereocenters. The summed E-state index contributed by atoms with van der Waals surface area (Å²) in [5.41, 5.74) is 0.0981. The number of aryl methyl sites for hydroxylation is 2. The summed E-state index contributed by atoms with van der Waals surface area (Å²) >= 11 is 1.49. The van der Waals surface area contributed by atoms with E-state index in [-0.39, 0.29) is 6.04 Å². The predicted octanol–water partition coefficient (Wildman–Crippen LogP) is 4.41. The molecular formula is C17H16F4N2OS. The van der Waals surface area contributed by atoms with Crippen molar-refractivity contribution in [3.63, 3.8) is 0 Å². The Morgan fingerprint density at radius 2 is 2.00 bits per heavy atom. The van der Waals surface area contributed by atoms with Gasteiger partial charge in [-0.25, -0.2) is 22.5 Å². The lowest BCUT2D eigenvalue weighted by Gasteiger charge is -2.30. The molecule has 0 unspecified atom stereocenters. The number of carbonyl (C=O) groups excluding carboxylic acids is 1. The number of nitrogens with zero attached hydrogens (tertiary/aromatic N) is 2. The fourth-order valence-corrected chi connectivity index (χ4v) is 4.26. The molecule has 2 aromatic rings. The summed E-state index contributed by atoms with van der Waals surface area (Å²) in [4.78, 5) is 19.3. The Morgan fingerprint density at radius 1 is 1.28 bits per heavy atom. The van der Waals surface area contributed by atoms with Crippen molar-refractivity contribution in [3.05, 3.63) is 50.5 Å². The molecule has 0 saturated heterocycles. The smallest absolute Gasteiger partial charge is 0.257 e. The monoisotopic (exact) mass is 372 g/mol. The van der Waals surface area contributed by atoms with Gasteiger partial charge in [-0.2, -0.15) is 0 Å². The maximum atomic E-state index is 13.9. The summed E-state index contributed by atoms with van der Waals surface area (Å²) in [5.74, 6) is -8.06. The first kappa shape index (κ1) is 17.8. The third-order valence-electron chi connectivity index (χ3n) is 4.39. The van der Waals surface area contributed by atoms with Crippen LogP contribution >= 0.6 is 11.3 Å². The molecule has 8 heteroatoms. The van der Waals surface area contributed by atoms with Crippen molar-refractivity contribution in [3.8, 4) is 0 Å². The zero-order valence-electron chi connectivity index (χ0n) is 13.7. The molecule has 25 heavy (non-hydrogen) atoms. The second kappa shape index (κ2) is 6.74. The van der Waals surface area contributed by atoms with Gasteiger partial charge in [0, 0.05) is 7.05 Å². The Bertz CT molecular complexity index is 837. The number of hydrogen-bond donors (Lipinski definition) is 0. The fourth-order valence-electron chi connectivity index (χ4n) is 3.03. The van der Waals surface area contributed by atoms with Gasteiger partial charge in [0.15, 0.2) is 23.3 Å². The number of halogens is 4. The van der Waals surface area contributed by atoms with E-state index in [1.807, 2.05) is 6.92 Å². The zero-order chi connectivity index (χ0) is 18.3. The molecule has 3 rings (SSSR count). The van der Waals surface area contributed by atoms with Crippen LogP contribution in [0.3, 0.4) is 0 Å². The van der Waals surface area contributed by atoms with Crippen LogP contribution in [0.4, 0.5) is 17.6 Å². The average molecular weight is 372 g/mol. The Kier molecular flexibility index (Phi) is 4.81. The van der Waals surface area contributed by atoms with Crippen molar-refractivity contribution in [2.24, 2.45) is 0 Å². The van der Waals surface area contributed by atoms with Crippen molar-refractivity contribution < 1.29 is 22.4 Å². The molecule has 1 heterocycles. The van der Waals surface area contributed by atoms with E-state index in [9.17, 15) is 22.4 Å². The predicted molar refractivity (Wildman–Crippen MR) is 85.5 cm³/mol. The number of fused-ring (bicyclic) bond motifs is 1. The summed E-state index contributed by atoms with van der Waals surface area (Å²) in [6, 6.07) is 0.0603. The first-order valence-electron chi connectivity index (χ1n) is 7.93. The second-order valence-corrected chi connectivity index (χ2v) is 7.06. The maximum absolute atomic E-state index is 13.9. The third kappa shape index (κ3) is 3.03. The van der Waals surface area contributed by atoms with Crippen LogP contribution in [0.2, 0.25) is 0 Å². The minimum Gasteiger partial charge on any atom is -0.334 e. The molecule has 3 nitrogen and oxygen atoms in total. The summed E-state index contributed by atoms with van der Waals surface area (Å²) in [6.45, 7) is 1.98. The van der Waals surface area contributed by atoms with Gasteiger partial charge >= 0.3 is 0 Å². The van der Waals surface area contributed by atoms with Crippen LogP contribution in [-0.2, 0) is 12.8 Å². The molecule has 0 aliphatic heterocycles. The molecule has 1 amide bonds. The van der Waals surface area contributed by atoms with Gasteiger partial charge in [0.2, 0.25) is 0 Å². The van der Waals surface area contributed by atoms with Crippen LogP contribution in [0.15, 0.2) is 6.07 Å². The van der Waals surface area contributed by atoms with Gasteiger partial charge in [-0.05, 0) is 31.7 Å². The number of hydrogen-bond acceptors (Lipinski definition) is 3. The van der Waals surface area contributed by atoms with E-state index in [1.165, 1.54) is 23.3 Å². The number of carbonyl (C=O) groups is 1. The quantitative estimate of drug-likeness (QED) is 0.454. The highest BCUT2D eigenvalue weighted by molar-refractivity contribution is 7.11. The fraction of sp³-hybridized carbons (Fsp3) is 0.412. The lowest BCUT2D eigenvalue weighted by Crippen LogP contribution is -2.33. The maximum Gasteiger partial charge on any atom is 0.257 e. The molecule has 1 aromatic carbocycles. The molecule has 0 radical (unpaired) electrons. The van der Waals surface area contributed by atoms with Crippen molar-refractivity contribution >= 4 is 17.2 Å². The Morgan fingerprint density at radius 3 is 2.68 bits per heavy atom. The normalized spacial score (nSPS) is 16.6. The molecule has 1 aliphatic rings. The van der Waals surface area contributed by atoms with E-state index < -0.39 is 34.7 Å². The summed E-state index contributed by atoms with van der Waals surface area (Å²) in [5, 5.41) is 0.947. The van der Waals surface area contributed by atoms with Crippen molar-refractivity contribution in [2.75, 3.05) is 7.05 Å². The van der Waals surface area contributed by atoms with E-state index in [2.05, 4.69) is 4.98 Å². The van der Waals surface area contributed by atoms with Crippen LogP contribution in [0.5, 0.6) is 0 Å². The van der Waals surface area contributed by atoms with Gasteiger partial charge in [-0.3, -0.25) is 4.79 Å². The van der Waals surface area contributed by atoms with Gasteiger partial charge < -0.3 is 4.90 Å². The van der Waals surface area contributed by atoms with Crippen LogP contribution < -0.4 is 0 Å². The zero-order valence-corrected chi connectivity index (χ0v) is 14.5. The molecule has 0 spiro atoms. The van der Waals surface area contributed by atoms with Gasteiger partial charge in [0.25, 0.3) is 5.91 Å². The minimum absolute atomic E-state index is 0.343. The number of amides is 1. The third-order valence-corrected chi connectivity index (χ3v) is 5.73. The van der Waals surface area contributed by atoms with Gasteiger partial charge in [0.05, 0.1) is 27.2 Å². The second-order valence-electron chi connectivity index (χ2n) is 5.94. The van der Waals surface area contributed by atoms with Crippen molar-refractivity contribution in [2.45, 2.75) is 38.6 Å². The molecular weight excluding hydrogens is 356 g/mol. The van der Waals surface area contributed by atoms with Gasteiger partial charge in [-0.15, -0.1) is 11.3 Å². The van der Waals surface area contributed by atoms with E-state index in [0.29, 0.717) is 12.5 Å². The molecule has 0 fully saturated rings. The van der Waals surface area contributed by atoms with Crippen LogP contribution in [0.25, 0.3) is 0 Å². The Hall–Kier alpha value is -1.96. The van der Waals surface area contributed by atoms with E-state index in [1.54, 1.807) is 0 Å². The Labute approximate surface area is 146 Å². The highest BCUT2D eigenvalue weighted by Gasteiger charge is 2.32. The van der Waals surface area contributed by atoms with E-state index in [4.69, 9.17) is 0 Å². The summed E-state index contributed by atoms with van der Waals surface area (Å²) < 4.78 is 53.9. The van der Waals surface area contributed by atoms with Crippen molar-refractivity contribution in [1.29, 1.82) is 0 Å². The average Bonchev–Trinajstić information content (AvgIpc) is 3.05. The standard InChI is InChI=1S/C17H16F4N2OS/c1-3-12-22-10-5-4-6-11(16(10)25-12)23(2)17(24)8-7-9(18)14(20)15(21)13(8)19/h7,11H,3-6H2,1-2H3/t11-/m1/s1. The minimum atomic E-state index is -1.98. The SMILES string of the molecule is CCc1nc2c(s1)[C@H](N(C)C(=O)c1cc(F)c(F)c(F)c1F)CCC2. The molecule has 0 N–H and O–H groups in total. The highest BCUT2D eigenvalue weighted by atomic mass is 32.1. The van der Waals surface area contributed by atoms with Crippen LogP contribution in [-0.4, -0.2) is 22.8 Å². The highest BCUT2D eigenvalue weighted by Crippen LogP contribution is 2.38. The Balaban J connectivity index is 1.96.